The Labute approximate surface area is 139 Å². The molecule has 2 saturated heterocycles. The minimum absolute atomic E-state index is 0.303. The van der Waals surface area contributed by atoms with Crippen molar-refractivity contribution in [3.05, 3.63) is 30.1 Å². The number of piperidine rings is 1. The van der Waals surface area contributed by atoms with Crippen LogP contribution in [0.1, 0.15) is 30.7 Å². The third kappa shape index (κ3) is 4.09. The van der Waals surface area contributed by atoms with Crippen LogP contribution < -0.4 is 0 Å². The first-order valence-electron chi connectivity index (χ1n) is 8.70. The molecule has 2 aliphatic heterocycles. The fourth-order valence-electron chi connectivity index (χ4n) is 3.77. The van der Waals surface area contributed by atoms with Crippen LogP contribution in [0.3, 0.4) is 0 Å². The maximum absolute atomic E-state index is 12.5. The molecule has 1 aromatic rings. The van der Waals surface area contributed by atoms with Gasteiger partial charge >= 0.3 is 0 Å². The monoisotopic (exact) mass is 316 g/mol. The number of carbonyl (C=O) groups is 1. The van der Waals surface area contributed by atoms with Crippen molar-refractivity contribution in [2.45, 2.75) is 31.2 Å². The highest BCUT2D eigenvalue weighted by Crippen LogP contribution is 2.27. The summed E-state index contributed by atoms with van der Waals surface area (Å²) in [6.07, 6.45) is 7.03. The van der Waals surface area contributed by atoms with E-state index in [1.54, 1.807) is 0 Å². The molecule has 0 aromatic carbocycles. The number of nitrogens with zero attached hydrogens (tertiary/aromatic N) is 4. The van der Waals surface area contributed by atoms with E-state index in [0.29, 0.717) is 24.4 Å². The highest BCUT2D eigenvalue weighted by atomic mass is 16.2. The Morgan fingerprint density at radius 1 is 1.17 bits per heavy atom. The summed E-state index contributed by atoms with van der Waals surface area (Å²) in [6, 6.07) is 4.81. The van der Waals surface area contributed by atoms with Crippen LogP contribution in [0, 0.1) is 0 Å². The molecular formula is C18H28N4O. The van der Waals surface area contributed by atoms with Gasteiger partial charge in [0.1, 0.15) is 0 Å². The maximum atomic E-state index is 12.5. The molecule has 0 spiro atoms. The quantitative estimate of drug-likeness (QED) is 0.842. The second kappa shape index (κ2) is 7.41. The Hall–Kier alpha value is -1.46. The third-order valence-electron chi connectivity index (χ3n) is 5.36. The highest BCUT2D eigenvalue weighted by Gasteiger charge is 2.28. The molecule has 1 amide bonds. The van der Waals surface area contributed by atoms with E-state index in [9.17, 15) is 4.79 Å². The molecule has 0 aliphatic carbocycles. The van der Waals surface area contributed by atoms with Crippen LogP contribution in [-0.2, 0) is 4.79 Å². The second-order valence-corrected chi connectivity index (χ2v) is 7.08. The Morgan fingerprint density at radius 3 is 2.48 bits per heavy atom. The van der Waals surface area contributed by atoms with Crippen molar-refractivity contribution >= 4 is 5.91 Å². The summed E-state index contributed by atoms with van der Waals surface area (Å²) in [4.78, 5) is 23.3. The van der Waals surface area contributed by atoms with Gasteiger partial charge in [-0.25, -0.2) is 0 Å². The predicted molar refractivity (Wildman–Crippen MR) is 91.3 cm³/mol. The largest absolute Gasteiger partial charge is 0.342 e. The number of hydrogen-bond donors (Lipinski definition) is 0. The third-order valence-corrected chi connectivity index (χ3v) is 5.36. The van der Waals surface area contributed by atoms with Gasteiger partial charge in [-0.1, -0.05) is 0 Å². The topological polar surface area (TPSA) is 39.7 Å². The van der Waals surface area contributed by atoms with Crippen molar-refractivity contribution in [3.63, 3.8) is 0 Å². The van der Waals surface area contributed by atoms with Crippen LogP contribution in [0.25, 0.3) is 0 Å². The average molecular weight is 316 g/mol. The zero-order valence-electron chi connectivity index (χ0n) is 14.3. The first kappa shape index (κ1) is 16.4. The predicted octanol–water partition coefficient (Wildman–Crippen LogP) is 1.42. The van der Waals surface area contributed by atoms with Crippen molar-refractivity contribution in [1.82, 2.24) is 19.7 Å². The molecule has 0 N–H and O–H groups in total. The van der Waals surface area contributed by atoms with Crippen LogP contribution in [-0.4, -0.2) is 78.5 Å². The van der Waals surface area contributed by atoms with E-state index in [4.69, 9.17) is 0 Å². The zero-order valence-corrected chi connectivity index (χ0v) is 14.3. The van der Waals surface area contributed by atoms with Crippen LogP contribution in [0.2, 0.25) is 0 Å². The van der Waals surface area contributed by atoms with E-state index in [-0.39, 0.29) is 0 Å². The number of carbonyl (C=O) groups excluding carboxylic acids is 1. The van der Waals surface area contributed by atoms with Gasteiger partial charge in [0.15, 0.2) is 0 Å². The number of likely N-dealkylation sites (tertiary alicyclic amines) is 2. The Morgan fingerprint density at radius 2 is 1.87 bits per heavy atom. The van der Waals surface area contributed by atoms with Crippen LogP contribution >= 0.6 is 0 Å². The van der Waals surface area contributed by atoms with Crippen molar-refractivity contribution in [1.29, 1.82) is 0 Å². The zero-order chi connectivity index (χ0) is 16.2. The molecule has 3 heterocycles. The van der Waals surface area contributed by atoms with Gasteiger partial charge in [0, 0.05) is 44.6 Å². The van der Waals surface area contributed by atoms with Gasteiger partial charge < -0.3 is 9.80 Å². The van der Waals surface area contributed by atoms with Crippen LogP contribution in [0.15, 0.2) is 24.5 Å². The van der Waals surface area contributed by atoms with Crippen molar-refractivity contribution in [2.24, 2.45) is 0 Å². The lowest BCUT2D eigenvalue weighted by atomic mass is 9.90. The minimum atomic E-state index is 0.303. The molecule has 126 valence electrons. The molecule has 0 bridgehead atoms. The van der Waals surface area contributed by atoms with E-state index in [1.165, 1.54) is 12.0 Å². The molecule has 1 atom stereocenters. The van der Waals surface area contributed by atoms with Crippen LogP contribution in [0.4, 0.5) is 0 Å². The highest BCUT2D eigenvalue weighted by molar-refractivity contribution is 5.78. The summed E-state index contributed by atoms with van der Waals surface area (Å²) in [7, 11) is 4.25. The van der Waals surface area contributed by atoms with E-state index in [1.807, 2.05) is 12.4 Å². The number of likely N-dealkylation sites (N-methyl/N-ethyl adjacent to an activating group) is 1. The molecule has 1 unspecified atom stereocenters. The van der Waals surface area contributed by atoms with E-state index < -0.39 is 0 Å². The lowest BCUT2D eigenvalue weighted by Crippen LogP contribution is -2.44. The van der Waals surface area contributed by atoms with Crippen molar-refractivity contribution in [2.75, 3.05) is 46.8 Å². The minimum Gasteiger partial charge on any atom is -0.342 e. The number of aromatic nitrogens is 1. The summed E-state index contributed by atoms with van der Waals surface area (Å²) in [5, 5.41) is 0. The number of amides is 1. The summed E-state index contributed by atoms with van der Waals surface area (Å²) >= 11 is 0. The fraction of sp³-hybridized carbons (Fsp3) is 0.667. The fourth-order valence-corrected chi connectivity index (χ4v) is 3.77. The molecule has 5 nitrogen and oxygen atoms in total. The molecule has 2 aliphatic rings. The number of rotatable bonds is 4. The molecular weight excluding hydrogens is 288 g/mol. The van der Waals surface area contributed by atoms with Gasteiger partial charge in [0.05, 0.1) is 6.54 Å². The summed E-state index contributed by atoms with van der Waals surface area (Å²) in [6.45, 7) is 4.42. The molecule has 5 heteroatoms. The molecule has 0 radical (unpaired) electrons. The Kier molecular flexibility index (Phi) is 5.28. The van der Waals surface area contributed by atoms with Gasteiger partial charge in [0.2, 0.25) is 5.91 Å². The van der Waals surface area contributed by atoms with Gasteiger partial charge in [-0.2, -0.15) is 0 Å². The maximum Gasteiger partial charge on any atom is 0.236 e. The first-order chi connectivity index (χ1) is 11.1. The Balaban J connectivity index is 1.45. The SMILES string of the molecule is CN(C)C1CCN(CC(=O)N2CCC(c3ccncc3)CC2)C1. The van der Waals surface area contributed by atoms with Crippen LogP contribution in [0.5, 0.6) is 0 Å². The average Bonchev–Trinajstić information content (AvgIpc) is 3.04. The lowest BCUT2D eigenvalue weighted by molar-refractivity contribution is -0.133. The van der Waals surface area contributed by atoms with Gasteiger partial charge in [-0.3, -0.25) is 14.7 Å². The van der Waals surface area contributed by atoms with Gasteiger partial charge in [-0.15, -0.1) is 0 Å². The molecule has 3 rings (SSSR count). The van der Waals surface area contributed by atoms with Crippen molar-refractivity contribution < 1.29 is 4.79 Å². The normalized spacial score (nSPS) is 23.6. The summed E-state index contributed by atoms with van der Waals surface area (Å²) in [5.74, 6) is 0.879. The molecule has 23 heavy (non-hydrogen) atoms. The molecule has 1 aromatic heterocycles. The van der Waals surface area contributed by atoms with E-state index >= 15 is 0 Å². The standard InChI is InChI=1S/C18H28N4O/c1-20(2)17-7-10-21(13-17)14-18(23)22-11-5-16(6-12-22)15-3-8-19-9-4-15/h3-4,8-9,16-17H,5-7,10-14H2,1-2H3. The number of pyridine rings is 1. The van der Waals surface area contributed by atoms with E-state index in [2.05, 4.69) is 45.9 Å². The number of hydrogen-bond acceptors (Lipinski definition) is 4. The first-order valence-corrected chi connectivity index (χ1v) is 8.70. The van der Waals surface area contributed by atoms with Crippen molar-refractivity contribution in [3.8, 4) is 0 Å². The molecule has 0 saturated carbocycles. The lowest BCUT2D eigenvalue weighted by Gasteiger charge is -2.33. The second-order valence-electron chi connectivity index (χ2n) is 7.08. The van der Waals surface area contributed by atoms with Gasteiger partial charge in [0.25, 0.3) is 0 Å². The van der Waals surface area contributed by atoms with Gasteiger partial charge in [-0.05, 0) is 57.0 Å². The smallest absolute Gasteiger partial charge is 0.236 e. The summed E-state index contributed by atoms with van der Waals surface area (Å²) in [5.41, 5.74) is 1.36. The molecule has 2 fully saturated rings. The Bertz CT molecular complexity index is 511. The summed E-state index contributed by atoms with van der Waals surface area (Å²) < 4.78 is 0. The van der Waals surface area contributed by atoms with E-state index in [0.717, 1.165) is 39.0 Å².